The largest absolute Gasteiger partial charge is 0.374 e. The lowest BCUT2D eigenvalue weighted by atomic mass is 10.2. The van der Waals surface area contributed by atoms with Gasteiger partial charge in [0.2, 0.25) is 11.8 Å². The van der Waals surface area contributed by atoms with Crippen LogP contribution in [0.25, 0.3) is 0 Å². The van der Waals surface area contributed by atoms with E-state index < -0.39 is 5.82 Å². The Morgan fingerprint density at radius 3 is 2.50 bits per heavy atom. The molecule has 0 aliphatic rings. The number of carbonyl (C=O) groups excluding carboxylic acids is 2. The minimum atomic E-state index is -0.523. The van der Waals surface area contributed by atoms with Crippen molar-refractivity contribution < 1.29 is 14.0 Å². The van der Waals surface area contributed by atoms with Crippen LogP contribution in [0.5, 0.6) is 0 Å². The van der Waals surface area contributed by atoms with Gasteiger partial charge in [-0.1, -0.05) is 17.7 Å². The maximum absolute atomic E-state index is 13.8. The lowest BCUT2D eigenvalue weighted by molar-refractivity contribution is -0.115. The van der Waals surface area contributed by atoms with Crippen molar-refractivity contribution in [3.8, 4) is 0 Å². The average molecular weight is 350 g/mol. The second kappa shape index (κ2) is 7.79. The predicted octanol–water partition coefficient (Wildman–Crippen LogP) is 3.80. The first-order valence-corrected chi connectivity index (χ1v) is 7.60. The predicted molar refractivity (Wildman–Crippen MR) is 94.0 cm³/mol. The maximum atomic E-state index is 13.8. The summed E-state index contributed by atoms with van der Waals surface area (Å²) in [6.45, 7) is 3.10. The molecular formula is C17H17ClFN3O2. The Kier molecular flexibility index (Phi) is 5.76. The Hall–Kier alpha value is -2.60. The second-order valence-electron chi connectivity index (χ2n) is 5.26. The van der Waals surface area contributed by atoms with Gasteiger partial charge in [0.15, 0.2) is 0 Å². The van der Waals surface area contributed by atoms with Gasteiger partial charge >= 0.3 is 0 Å². The number of hydrogen-bond donors (Lipinski definition) is 3. The van der Waals surface area contributed by atoms with Crippen LogP contribution < -0.4 is 16.0 Å². The van der Waals surface area contributed by atoms with E-state index in [0.29, 0.717) is 16.4 Å². The summed E-state index contributed by atoms with van der Waals surface area (Å²) in [5.74, 6) is -1.16. The molecule has 0 radical (unpaired) electrons. The van der Waals surface area contributed by atoms with Crippen molar-refractivity contribution in [3.63, 3.8) is 0 Å². The molecule has 2 rings (SSSR count). The summed E-state index contributed by atoms with van der Waals surface area (Å²) in [5, 5.41) is 8.33. The van der Waals surface area contributed by atoms with Gasteiger partial charge in [-0.25, -0.2) is 4.39 Å². The van der Waals surface area contributed by atoms with Crippen LogP contribution in [0.3, 0.4) is 0 Å². The summed E-state index contributed by atoms with van der Waals surface area (Å²) >= 11 is 6.05. The minimum Gasteiger partial charge on any atom is -0.374 e. The van der Waals surface area contributed by atoms with Crippen LogP contribution in [0.15, 0.2) is 36.4 Å². The molecule has 0 bridgehead atoms. The molecule has 2 amide bonds. The number of rotatable bonds is 5. The van der Waals surface area contributed by atoms with Crippen LogP contribution in [0.1, 0.15) is 12.5 Å². The van der Waals surface area contributed by atoms with Gasteiger partial charge in [0.1, 0.15) is 5.82 Å². The zero-order valence-corrected chi connectivity index (χ0v) is 14.0. The fourth-order valence-electron chi connectivity index (χ4n) is 2.03. The Bertz CT molecular complexity index is 780. The van der Waals surface area contributed by atoms with Crippen LogP contribution in [-0.4, -0.2) is 18.4 Å². The third kappa shape index (κ3) is 4.96. The quantitative estimate of drug-likeness (QED) is 0.769. The Labute approximate surface area is 144 Å². The topological polar surface area (TPSA) is 70.2 Å². The Balaban J connectivity index is 1.99. The Morgan fingerprint density at radius 2 is 1.83 bits per heavy atom. The van der Waals surface area contributed by atoms with Gasteiger partial charge in [0.05, 0.1) is 22.9 Å². The van der Waals surface area contributed by atoms with Gasteiger partial charge in [0.25, 0.3) is 0 Å². The van der Waals surface area contributed by atoms with Gasteiger partial charge in [-0.2, -0.15) is 0 Å². The van der Waals surface area contributed by atoms with E-state index in [2.05, 4.69) is 16.0 Å². The van der Waals surface area contributed by atoms with Crippen LogP contribution in [0.2, 0.25) is 5.02 Å². The van der Waals surface area contributed by atoms with Crippen LogP contribution >= 0.6 is 11.6 Å². The molecular weight excluding hydrogens is 333 g/mol. The number of hydrogen-bond acceptors (Lipinski definition) is 3. The first-order chi connectivity index (χ1) is 11.3. The fraction of sp³-hybridized carbons (Fsp3) is 0.176. The first kappa shape index (κ1) is 17.7. The monoisotopic (exact) mass is 349 g/mol. The summed E-state index contributed by atoms with van der Waals surface area (Å²) in [4.78, 5) is 23.0. The summed E-state index contributed by atoms with van der Waals surface area (Å²) in [6, 6.07) is 9.33. The van der Waals surface area contributed by atoms with E-state index >= 15 is 0 Å². The van der Waals surface area contributed by atoms with Crippen molar-refractivity contribution in [1.29, 1.82) is 0 Å². The SMILES string of the molecule is CC(=O)Nc1ccc(F)c(NCC(=O)Nc2ccc(C)cc2Cl)c1. The molecule has 2 aromatic rings. The normalized spacial score (nSPS) is 10.2. The van der Waals surface area contributed by atoms with E-state index in [1.54, 1.807) is 12.1 Å². The number of amides is 2. The number of aryl methyl sites for hydroxylation is 1. The number of halogens is 2. The summed E-state index contributed by atoms with van der Waals surface area (Å²) in [7, 11) is 0. The number of nitrogens with one attached hydrogen (secondary N) is 3. The zero-order valence-electron chi connectivity index (χ0n) is 13.2. The molecule has 5 nitrogen and oxygen atoms in total. The summed E-state index contributed by atoms with van der Waals surface area (Å²) < 4.78 is 13.8. The second-order valence-corrected chi connectivity index (χ2v) is 5.67. The van der Waals surface area contributed by atoms with Crippen LogP contribution in [-0.2, 0) is 9.59 Å². The molecule has 3 N–H and O–H groups in total. The number of carbonyl (C=O) groups is 2. The highest BCUT2D eigenvalue weighted by atomic mass is 35.5. The zero-order chi connectivity index (χ0) is 17.7. The molecule has 0 unspecified atom stereocenters. The van der Waals surface area contributed by atoms with Crippen molar-refractivity contribution in [2.45, 2.75) is 13.8 Å². The van der Waals surface area contributed by atoms with E-state index in [9.17, 15) is 14.0 Å². The van der Waals surface area contributed by atoms with E-state index in [0.717, 1.165) is 5.56 Å². The molecule has 0 saturated heterocycles. The molecule has 0 aliphatic carbocycles. The number of anilines is 3. The fourth-order valence-corrected chi connectivity index (χ4v) is 2.32. The summed E-state index contributed by atoms with van der Waals surface area (Å²) in [6.07, 6.45) is 0. The molecule has 126 valence electrons. The summed E-state index contributed by atoms with van der Waals surface area (Å²) in [5.41, 5.74) is 2.02. The molecule has 7 heteroatoms. The third-order valence-corrected chi connectivity index (χ3v) is 3.44. The average Bonchev–Trinajstić information content (AvgIpc) is 2.50. The van der Waals surface area contributed by atoms with Crippen LogP contribution in [0, 0.1) is 12.7 Å². The van der Waals surface area contributed by atoms with Crippen LogP contribution in [0.4, 0.5) is 21.5 Å². The third-order valence-electron chi connectivity index (χ3n) is 3.12. The molecule has 0 fully saturated rings. The molecule has 0 aliphatic heterocycles. The molecule has 0 spiro atoms. The van der Waals surface area contributed by atoms with Gasteiger partial charge < -0.3 is 16.0 Å². The molecule has 0 aromatic heterocycles. The van der Waals surface area contributed by atoms with Crippen molar-refractivity contribution in [1.82, 2.24) is 0 Å². The Morgan fingerprint density at radius 1 is 1.08 bits per heavy atom. The lowest BCUT2D eigenvalue weighted by Crippen LogP contribution is -2.22. The highest BCUT2D eigenvalue weighted by Crippen LogP contribution is 2.23. The standard InChI is InChI=1S/C17H17ClFN3O2/c1-10-3-6-15(13(18)7-10)22-17(24)9-20-16-8-12(21-11(2)23)4-5-14(16)19/h3-8,20H,9H2,1-2H3,(H,21,23)(H,22,24). The maximum Gasteiger partial charge on any atom is 0.243 e. The van der Waals surface area contributed by atoms with E-state index in [-0.39, 0.29) is 24.0 Å². The number of benzene rings is 2. The van der Waals surface area contributed by atoms with Gasteiger partial charge in [-0.05, 0) is 42.8 Å². The van der Waals surface area contributed by atoms with Crippen molar-refractivity contribution in [2.75, 3.05) is 22.5 Å². The smallest absolute Gasteiger partial charge is 0.243 e. The van der Waals surface area contributed by atoms with E-state index in [1.807, 2.05) is 13.0 Å². The minimum absolute atomic E-state index is 0.117. The molecule has 0 saturated carbocycles. The molecule has 2 aromatic carbocycles. The van der Waals surface area contributed by atoms with E-state index in [1.165, 1.54) is 25.1 Å². The molecule has 24 heavy (non-hydrogen) atoms. The van der Waals surface area contributed by atoms with Crippen molar-refractivity contribution in [2.24, 2.45) is 0 Å². The molecule has 0 heterocycles. The highest BCUT2D eigenvalue weighted by Gasteiger charge is 2.09. The van der Waals surface area contributed by atoms with Crippen molar-refractivity contribution in [3.05, 3.63) is 52.8 Å². The van der Waals surface area contributed by atoms with Gasteiger partial charge in [0, 0.05) is 12.6 Å². The van der Waals surface area contributed by atoms with Crippen molar-refractivity contribution >= 4 is 40.5 Å². The van der Waals surface area contributed by atoms with Gasteiger partial charge in [-0.3, -0.25) is 9.59 Å². The lowest BCUT2D eigenvalue weighted by Gasteiger charge is -2.11. The van der Waals surface area contributed by atoms with E-state index in [4.69, 9.17) is 11.6 Å². The molecule has 0 atom stereocenters. The highest BCUT2D eigenvalue weighted by molar-refractivity contribution is 6.33. The van der Waals surface area contributed by atoms with Gasteiger partial charge in [-0.15, -0.1) is 0 Å². The first-order valence-electron chi connectivity index (χ1n) is 7.22.